The second kappa shape index (κ2) is 7.62. The normalized spacial score (nSPS) is 15.6. The van der Waals surface area contributed by atoms with Crippen molar-refractivity contribution in [3.05, 3.63) is 70.4 Å². The lowest BCUT2D eigenvalue weighted by Gasteiger charge is -2.24. The zero-order valence-corrected chi connectivity index (χ0v) is 17.2. The predicted octanol–water partition coefficient (Wildman–Crippen LogP) is 4.10. The van der Waals surface area contributed by atoms with Crippen molar-refractivity contribution in [3.63, 3.8) is 0 Å². The van der Waals surface area contributed by atoms with Gasteiger partial charge in [0.25, 0.3) is 0 Å². The minimum absolute atomic E-state index is 0.0107. The maximum absolute atomic E-state index is 12.3. The molecule has 0 bridgehead atoms. The van der Waals surface area contributed by atoms with Crippen LogP contribution < -0.4 is 14.8 Å². The third kappa shape index (κ3) is 3.70. The van der Waals surface area contributed by atoms with Crippen molar-refractivity contribution in [2.24, 2.45) is 7.05 Å². The lowest BCUT2D eigenvalue weighted by atomic mass is 9.85. The number of nitrogens with zero attached hydrogens (tertiary/aromatic N) is 2. The molecule has 3 aromatic rings. The monoisotopic (exact) mass is 391 g/mol. The van der Waals surface area contributed by atoms with Crippen LogP contribution in [0, 0.1) is 13.8 Å². The number of methoxy groups -OCH3 is 1. The molecule has 2 heterocycles. The van der Waals surface area contributed by atoms with E-state index in [1.807, 2.05) is 32.2 Å². The van der Waals surface area contributed by atoms with Crippen LogP contribution in [-0.2, 0) is 18.4 Å². The van der Waals surface area contributed by atoms with Crippen molar-refractivity contribution >= 4 is 11.7 Å². The minimum atomic E-state index is -0.0694. The van der Waals surface area contributed by atoms with Crippen LogP contribution in [0.25, 0.3) is 0 Å². The Kier molecular flexibility index (Phi) is 5.01. The SMILES string of the molecule is COc1ccc(C2CC(=O)Nc3c2c(C)nn3C)cc1OCc1ccc(C)cc1. The van der Waals surface area contributed by atoms with Crippen LogP contribution >= 0.6 is 0 Å². The Morgan fingerprint density at radius 2 is 1.90 bits per heavy atom. The standard InChI is InChI=1S/C23H25N3O3/c1-14-5-7-16(8-6-14)13-29-20-11-17(9-10-19(20)28-4)18-12-21(27)24-23-22(18)15(2)25-26(23)3/h5-11,18H,12-13H2,1-4H3,(H,24,27). The first-order valence-electron chi connectivity index (χ1n) is 9.66. The number of rotatable bonds is 5. The van der Waals surface area contributed by atoms with E-state index in [2.05, 4.69) is 41.6 Å². The lowest BCUT2D eigenvalue weighted by molar-refractivity contribution is -0.116. The number of benzene rings is 2. The topological polar surface area (TPSA) is 65.4 Å². The van der Waals surface area contributed by atoms with Gasteiger partial charge in [-0.25, -0.2) is 0 Å². The number of amides is 1. The van der Waals surface area contributed by atoms with E-state index in [0.29, 0.717) is 24.5 Å². The van der Waals surface area contributed by atoms with Crippen molar-refractivity contribution in [1.82, 2.24) is 9.78 Å². The molecule has 0 saturated heterocycles. The molecule has 0 radical (unpaired) electrons. The molecular weight excluding hydrogens is 366 g/mol. The van der Waals surface area contributed by atoms with Crippen LogP contribution in [0.15, 0.2) is 42.5 Å². The van der Waals surface area contributed by atoms with E-state index in [1.54, 1.807) is 11.8 Å². The molecule has 0 saturated carbocycles. The second-order valence-corrected chi connectivity index (χ2v) is 7.46. The summed E-state index contributed by atoms with van der Waals surface area (Å²) in [6.45, 7) is 4.48. The van der Waals surface area contributed by atoms with Crippen LogP contribution in [0.4, 0.5) is 5.82 Å². The highest BCUT2D eigenvalue weighted by Gasteiger charge is 2.32. The van der Waals surface area contributed by atoms with Crippen molar-refractivity contribution in [2.75, 3.05) is 12.4 Å². The van der Waals surface area contributed by atoms with Gasteiger partial charge in [0.05, 0.1) is 12.8 Å². The molecule has 1 aromatic heterocycles. The fourth-order valence-corrected chi connectivity index (χ4v) is 3.86. The van der Waals surface area contributed by atoms with Crippen molar-refractivity contribution in [3.8, 4) is 11.5 Å². The number of aromatic nitrogens is 2. The molecule has 29 heavy (non-hydrogen) atoms. The minimum Gasteiger partial charge on any atom is -0.493 e. The van der Waals surface area contributed by atoms with Gasteiger partial charge in [-0.2, -0.15) is 5.10 Å². The average Bonchev–Trinajstić information content (AvgIpc) is 3.00. The Balaban J connectivity index is 1.66. The summed E-state index contributed by atoms with van der Waals surface area (Å²) in [5.74, 6) is 2.02. The predicted molar refractivity (Wildman–Crippen MR) is 112 cm³/mol. The molecule has 1 N–H and O–H groups in total. The molecule has 0 spiro atoms. The van der Waals surface area contributed by atoms with E-state index in [1.165, 1.54) is 5.56 Å². The van der Waals surface area contributed by atoms with E-state index in [0.717, 1.165) is 28.2 Å². The van der Waals surface area contributed by atoms with Crippen LogP contribution in [0.2, 0.25) is 0 Å². The van der Waals surface area contributed by atoms with Gasteiger partial charge in [0, 0.05) is 24.9 Å². The van der Waals surface area contributed by atoms with Crippen molar-refractivity contribution in [1.29, 1.82) is 0 Å². The van der Waals surface area contributed by atoms with E-state index in [9.17, 15) is 4.79 Å². The second-order valence-electron chi connectivity index (χ2n) is 7.46. The fourth-order valence-electron chi connectivity index (χ4n) is 3.86. The summed E-state index contributed by atoms with van der Waals surface area (Å²) in [6, 6.07) is 14.1. The Bertz CT molecular complexity index is 1050. The maximum Gasteiger partial charge on any atom is 0.226 e. The highest BCUT2D eigenvalue weighted by Crippen LogP contribution is 2.41. The van der Waals surface area contributed by atoms with Gasteiger partial charge in [0.1, 0.15) is 12.4 Å². The molecule has 0 aliphatic carbocycles. The van der Waals surface area contributed by atoms with Gasteiger partial charge in [-0.1, -0.05) is 35.9 Å². The number of carbonyl (C=O) groups excluding carboxylic acids is 1. The highest BCUT2D eigenvalue weighted by molar-refractivity contribution is 5.94. The first kappa shape index (κ1) is 19.1. The van der Waals surface area contributed by atoms with E-state index >= 15 is 0 Å². The van der Waals surface area contributed by atoms with Crippen LogP contribution in [0.3, 0.4) is 0 Å². The summed E-state index contributed by atoms with van der Waals surface area (Å²) in [5, 5.41) is 7.43. The summed E-state index contributed by atoms with van der Waals surface area (Å²) in [6.07, 6.45) is 0.378. The van der Waals surface area contributed by atoms with Crippen LogP contribution in [0.1, 0.15) is 40.3 Å². The summed E-state index contributed by atoms with van der Waals surface area (Å²) in [4.78, 5) is 12.3. The Labute approximate surface area is 170 Å². The number of ether oxygens (including phenoxy) is 2. The first-order valence-corrected chi connectivity index (χ1v) is 9.66. The molecule has 1 amide bonds. The summed E-state index contributed by atoms with van der Waals surface area (Å²) in [5.41, 5.74) is 5.29. The van der Waals surface area contributed by atoms with Gasteiger partial charge in [-0.15, -0.1) is 0 Å². The lowest BCUT2D eigenvalue weighted by Crippen LogP contribution is -2.24. The molecule has 4 rings (SSSR count). The van der Waals surface area contributed by atoms with E-state index in [4.69, 9.17) is 9.47 Å². The van der Waals surface area contributed by atoms with Gasteiger partial charge in [-0.05, 0) is 37.1 Å². The number of hydrogen-bond donors (Lipinski definition) is 1. The molecule has 1 aliphatic rings. The molecule has 1 aliphatic heterocycles. The molecule has 6 nitrogen and oxygen atoms in total. The molecule has 6 heteroatoms. The quantitative estimate of drug-likeness (QED) is 0.711. The maximum atomic E-state index is 12.3. The van der Waals surface area contributed by atoms with Gasteiger partial charge < -0.3 is 14.8 Å². The summed E-state index contributed by atoms with van der Waals surface area (Å²) >= 11 is 0. The van der Waals surface area contributed by atoms with E-state index < -0.39 is 0 Å². The first-order chi connectivity index (χ1) is 14.0. The molecule has 2 aromatic carbocycles. The Morgan fingerprint density at radius 1 is 1.14 bits per heavy atom. The number of nitrogens with one attached hydrogen (secondary N) is 1. The molecular formula is C23H25N3O3. The van der Waals surface area contributed by atoms with Crippen LogP contribution in [0.5, 0.6) is 11.5 Å². The fraction of sp³-hybridized carbons (Fsp3) is 0.304. The zero-order valence-electron chi connectivity index (χ0n) is 17.2. The molecule has 150 valence electrons. The van der Waals surface area contributed by atoms with Crippen molar-refractivity contribution in [2.45, 2.75) is 32.8 Å². The molecule has 1 unspecified atom stereocenters. The average molecular weight is 391 g/mol. The number of hydrogen-bond acceptors (Lipinski definition) is 4. The third-order valence-electron chi connectivity index (χ3n) is 5.37. The van der Waals surface area contributed by atoms with Gasteiger partial charge in [0.15, 0.2) is 11.5 Å². The highest BCUT2D eigenvalue weighted by atomic mass is 16.5. The summed E-state index contributed by atoms with van der Waals surface area (Å²) < 4.78 is 13.3. The van der Waals surface area contributed by atoms with Gasteiger partial charge in [-0.3, -0.25) is 9.48 Å². The molecule has 0 fully saturated rings. The van der Waals surface area contributed by atoms with Crippen molar-refractivity contribution < 1.29 is 14.3 Å². The third-order valence-corrected chi connectivity index (χ3v) is 5.37. The van der Waals surface area contributed by atoms with Gasteiger partial charge in [0.2, 0.25) is 5.91 Å². The summed E-state index contributed by atoms with van der Waals surface area (Å²) in [7, 11) is 3.48. The smallest absolute Gasteiger partial charge is 0.226 e. The largest absolute Gasteiger partial charge is 0.493 e. The van der Waals surface area contributed by atoms with Gasteiger partial charge >= 0.3 is 0 Å². The van der Waals surface area contributed by atoms with Crippen LogP contribution in [-0.4, -0.2) is 22.8 Å². The number of carbonyl (C=O) groups is 1. The molecule has 1 atom stereocenters. The zero-order chi connectivity index (χ0) is 20.5. The number of fused-ring (bicyclic) bond motifs is 1. The number of anilines is 1. The Hall–Kier alpha value is -3.28. The Morgan fingerprint density at radius 3 is 2.62 bits per heavy atom. The van der Waals surface area contributed by atoms with E-state index in [-0.39, 0.29) is 11.8 Å². The number of aryl methyl sites for hydroxylation is 3.